The van der Waals surface area contributed by atoms with Crippen LogP contribution in [0.5, 0.6) is 0 Å². The van der Waals surface area contributed by atoms with Gasteiger partial charge in [0.15, 0.2) is 0 Å². The summed E-state index contributed by atoms with van der Waals surface area (Å²) in [5.74, 6) is -0.165. The lowest BCUT2D eigenvalue weighted by atomic mass is 10.2. The molecule has 1 fully saturated rings. The number of nitrogens with zero attached hydrogens (tertiary/aromatic N) is 2. The van der Waals surface area contributed by atoms with Gasteiger partial charge in [0.1, 0.15) is 5.82 Å². The highest BCUT2D eigenvalue weighted by Crippen LogP contribution is 2.08. The summed E-state index contributed by atoms with van der Waals surface area (Å²) in [4.78, 5) is 4.45. The lowest BCUT2D eigenvalue weighted by molar-refractivity contribution is 0.160. The molecular formula is C12H16FN2-. The maximum Gasteiger partial charge on any atom is 0.123 e. The van der Waals surface area contributed by atoms with Crippen molar-refractivity contribution in [2.45, 2.75) is 6.54 Å². The second-order valence-corrected chi connectivity index (χ2v) is 4.02. The van der Waals surface area contributed by atoms with E-state index in [2.05, 4.69) is 16.8 Å². The Kier molecular flexibility index (Phi) is 3.34. The molecule has 15 heavy (non-hydrogen) atoms. The topological polar surface area (TPSA) is 6.48 Å². The predicted molar refractivity (Wildman–Crippen MR) is 58.6 cm³/mol. The molecule has 0 amide bonds. The Bertz CT molecular complexity index is 302. The van der Waals surface area contributed by atoms with Crippen molar-refractivity contribution in [3.05, 3.63) is 42.7 Å². The zero-order valence-electron chi connectivity index (χ0n) is 8.82. The molecule has 0 saturated carbocycles. The molecule has 0 aromatic heterocycles. The molecule has 1 aliphatic rings. The van der Waals surface area contributed by atoms with Gasteiger partial charge in [0.25, 0.3) is 0 Å². The van der Waals surface area contributed by atoms with Crippen molar-refractivity contribution in [1.29, 1.82) is 0 Å². The van der Waals surface area contributed by atoms with E-state index in [0.29, 0.717) is 0 Å². The van der Waals surface area contributed by atoms with Crippen LogP contribution >= 0.6 is 0 Å². The van der Waals surface area contributed by atoms with Crippen molar-refractivity contribution in [3.8, 4) is 0 Å². The highest BCUT2D eigenvalue weighted by atomic mass is 19.1. The minimum Gasteiger partial charge on any atom is -0.457 e. The summed E-state index contributed by atoms with van der Waals surface area (Å²) in [6.45, 7) is 5.03. The highest BCUT2D eigenvalue weighted by Gasteiger charge is 2.10. The van der Waals surface area contributed by atoms with Crippen LogP contribution in [0.2, 0.25) is 0 Å². The third-order valence-electron chi connectivity index (χ3n) is 2.78. The Labute approximate surface area is 90.3 Å². The molecule has 1 aromatic rings. The van der Waals surface area contributed by atoms with Crippen LogP contribution in [0, 0.1) is 12.9 Å². The van der Waals surface area contributed by atoms with Gasteiger partial charge < -0.3 is 4.90 Å². The Hall–Kier alpha value is -0.930. The maximum absolute atomic E-state index is 12.7. The largest absolute Gasteiger partial charge is 0.457 e. The zero-order valence-corrected chi connectivity index (χ0v) is 8.82. The summed E-state index contributed by atoms with van der Waals surface area (Å²) in [5, 5.41) is 0. The van der Waals surface area contributed by atoms with Gasteiger partial charge in [-0.1, -0.05) is 12.1 Å². The van der Waals surface area contributed by atoms with E-state index in [-0.39, 0.29) is 5.82 Å². The van der Waals surface area contributed by atoms with Crippen LogP contribution in [0.25, 0.3) is 0 Å². The maximum atomic E-state index is 12.7. The van der Waals surface area contributed by atoms with E-state index < -0.39 is 0 Å². The normalized spacial score (nSPS) is 19.3. The number of halogens is 1. The van der Waals surface area contributed by atoms with Crippen LogP contribution in [-0.2, 0) is 6.54 Å². The highest BCUT2D eigenvalue weighted by molar-refractivity contribution is 5.15. The van der Waals surface area contributed by atoms with Crippen molar-refractivity contribution in [2.75, 3.05) is 26.2 Å². The number of benzene rings is 1. The van der Waals surface area contributed by atoms with Gasteiger partial charge in [0.05, 0.1) is 0 Å². The second-order valence-electron chi connectivity index (χ2n) is 4.02. The molecule has 1 saturated heterocycles. The van der Waals surface area contributed by atoms with E-state index in [1.165, 1.54) is 17.7 Å². The Balaban J connectivity index is 1.89. The molecule has 2 rings (SSSR count). The molecule has 82 valence electrons. The van der Waals surface area contributed by atoms with Gasteiger partial charge in [-0.15, -0.1) is 0 Å². The van der Waals surface area contributed by atoms with E-state index in [1.54, 1.807) is 0 Å². The third-order valence-corrected chi connectivity index (χ3v) is 2.78. The first-order valence-corrected chi connectivity index (χ1v) is 5.26. The lowest BCUT2D eigenvalue weighted by Crippen LogP contribution is -2.43. The summed E-state index contributed by atoms with van der Waals surface area (Å²) in [5.41, 5.74) is 1.17. The number of hydrogen-bond acceptors (Lipinski definition) is 2. The molecule has 2 nitrogen and oxygen atoms in total. The Morgan fingerprint density at radius 2 is 1.67 bits per heavy atom. The quantitative estimate of drug-likeness (QED) is 0.681. The molecule has 1 heterocycles. The molecule has 1 aliphatic heterocycles. The standard InChI is InChI=1S/C12H16FN2/c1-14-6-8-15(9-7-14)10-11-2-4-12(13)5-3-11/h2-5H,1,6-10H2/q-1. The Morgan fingerprint density at radius 1 is 1.07 bits per heavy atom. The van der Waals surface area contributed by atoms with Crippen molar-refractivity contribution in [1.82, 2.24) is 9.80 Å². The van der Waals surface area contributed by atoms with Gasteiger partial charge in [-0.3, -0.25) is 11.9 Å². The molecule has 0 N–H and O–H groups in total. The summed E-state index contributed by atoms with van der Waals surface area (Å²) in [7, 11) is 3.91. The summed E-state index contributed by atoms with van der Waals surface area (Å²) < 4.78 is 12.7. The van der Waals surface area contributed by atoms with Gasteiger partial charge in [0.2, 0.25) is 0 Å². The van der Waals surface area contributed by atoms with Crippen molar-refractivity contribution >= 4 is 0 Å². The monoisotopic (exact) mass is 207 g/mol. The van der Waals surface area contributed by atoms with E-state index in [1.807, 2.05) is 12.1 Å². The molecule has 0 atom stereocenters. The van der Waals surface area contributed by atoms with Gasteiger partial charge >= 0.3 is 0 Å². The molecule has 1 aromatic carbocycles. The van der Waals surface area contributed by atoms with E-state index in [9.17, 15) is 4.39 Å². The average Bonchev–Trinajstić information content (AvgIpc) is 2.25. The van der Waals surface area contributed by atoms with E-state index >= 15 is 0 Å². The molecule has 0 radical (unpaired) electrons. The van der Waals surface area contributed by atoms with E-state index in [4.69, 9.17) is 0 Å². The fourth-order valence-corrected chi connectivity index (χ4v) is 1.80. The fraction of sp³-hybridized carbons (Fsp3) is 0.417. The van der Waals surface area contributed by atoms with Crippen LogP contribution in [0.1, 0.15) is 5.56 Å². The van der Waals surface area contributed by atoms with Crippen LogP contribution in [0.4, 0.5) is 4.39 Å². The number of hydrogen-bond donors (Lipinski definition) is 0. The Morgan fingerprint density at radius 3 is 2.27 bits per heavy atom. The van der Waals surface area contributed by atoms with Gasteiger partial charge in [0, 0.05) is 19.6 Å². The zero-order chi connectivity index (χ0) is 10.7. The van der Waals surface area contributed by atoms with Gasteiger partial charge in [-0.25, -0.2) is 4.39 Å². The van der Waals surface area contributed by atoms with Crippen molar-refractivity contribution < 1.29 is 4.39 Å². The second kappa shape index (κ2) is 4.73. The third kappa shape index (κ3) is 3.01. The minimum absolute atomic E-state index is 0.165. The van der Waals surface area contributed by atoms with Gasteiger partial charge in [-0.2, -0.15) is 0 Å². The first-order valence-electron chi connectivity index (χ1n) is 5.26. The van der Waals surface area contributed by atoms with Gasteiger partial charge in [-0.05, 0) is 30.8 Å². The number of rotatable bonds is 2. The molecule has 0 aliphatic carbocycles. The minimum atomic E-state index is -0.165. The van der Waals surface area contributed by atoms with Crippen molar-refractivity contribution in [2.24, 2.45) is 0 Å². The van der Waals surface area contributed by atoms with Crippen LogP contribution in [0.3, 0.4) is 0 Å². The molecule has 3 heteroatoms. The van der Waals surface area contributed by atoms with E-state index in [0.717, 1.165) is 32.7 Å². The molecule has 0 unspecified atom stereocenters. The summed E-state index contributed by atoms with van der Waals surface area (Å²) in [6.07, 6.45) is 0. The fourth-order valence-electron chi connectivity index (χ4n) is 1.80. The van der Waals surface area contributed by atoms with Crippen molar-refractivity contribution in [3.63, 3.8) is 0 Å². The summed E-state index contributed by atoms with van der Waals surface area (Å²) >= 11 is 0. The van der Waals surface area contributed by atoms with Crippen LogP contribution in [-0.4, -0.2) is 36.0 Å². The average molecular weight is 207 g/mol. The molecule has 0 spiro atoms. The molecular weight excluding hydrogens is 191 g/mol. The lowest BCUT2D eigenvalue weighted by Gasteiger charge is -2.37. The first kappa shape index (κ1) is 10.6. The molecule has 0 bridgehead atoms. The SMILES string of the molecule is [CH2-]N1CCN(Cc2ccc(F)cc2)CC1. The number of piperazine rings is 1. The van der Waals surface area contributed by atoms with Crippen LogP contribution in [0.15, 0.2) is 24.3 Å². The summed E-state index contributed by atoms with van der Waals surface area (Å²) in [6, 6.07) is 6.75. The first-order chi connectivity index (χ1) is 7.24. The predicted octanol–water partition coefficient (Wildman–Crippen LogP) is 1.73. The smallest absolute Gasteiger partial charge is 0.123 e. The van der Waals surface area contributed by atoms with Crippen LogP contribution < -0.4 is 0 Å².